The maximum Gasteiger partial charge on any atom is 0.208 e. The van der Waals surface area contributed by atoms with Gasteiger partial charge >= 0.3 is 0 Å². The van der Waals surface area contributed by atoms with E-state index in [2.05, 4.69) is 41.3 Å². The summed E-state index contributed by atoms with van der Waals surface area (Å²) in [5, 5.41) is 5.90. The van der Waals surface area contributed by atoms with Crippen LogP contribution in [0, 0.1) is 0 Å². The smallest absolute Gasteiger partial charge is 0.208 e. The van der Waals surface area contributed by atoms with Crippen LogP contribution in [0.2, 0.25) is 0 Å². The van der Waals surface area contributed by atoms with E-state index < -0.39 is 10.0 Å². The van der Waals surface area contributed by atoms with Crippen molar-refractivity contribution < 1.29 is 8.42 Å². The third-order valence-corrected chi connectivity index (χ3v) is 3.29. The van der Waals surface area contributed by atoms with Crippen molar-refractivity contribution in [3.05, 3.63) is 10.8 Å². The summed E-state index contributed by atoms with van der Waals surface area (Å²) in [7, 11) is -1.40. The third kappa shape index (κ3) is 4.84. The molecule has 9 heteroatoms. The van der Waals surface area contributed by atoms with Gasteiger partial charge in [0.1, 0.15) is 22.4 Å². The van der Waals surface area contributed by atoms with Gasteiger partial charge in [-0.2, -0.15) is 0 Å². The summed E-state index contributed by atoms with van der Waals surface area (Å²) < 4.78 is 24.7. The Bertz CT molecular complexity index is 479. The summed E-state index contributed by atoms with van der Waals surface area (Å²) in [4.78, 5) is 8.04. The van der Waals surface area contributed by atoms with E-state index in [1.807, 2.05) is 0 Å². The number of hydrogen-bond donors (Lipinski definition) is 3. The lowest BCUT2D eigenvalue weighted by molar-refractivity contribution is 0.589. The molecule has 0 aliphatic heterocycles. The van der Waals surface area contributed by atoms with Crippen molar-refractivity contribution in [3.8, 4) is 0 Å². The van der Waals surface area contributed by atoms with Gasteiger partial charge in [0, 0.05) is 20.1 Å². The zero-order valence-corrected chi connectivity index (χ0v) is 11.9. The predicted octanol–water partition coefficient (Wildman–Crippen LogP) is 0.242. The second kappa shape index (κ2) is 6.12. The molecule has 0 bridgehead atoms. The van der Waals surface area contributed by atoms with Gasteiger partial charge in [-0.1, -0.05) is 0 Å². The average Bonchev–Trinajstić information content (AvgIpc) is 2.25. The highest BCUT2D eigenvalue weighted by Crippen LogP contribution is 2.25. The van der Waals surface area contributed by atoms with Crippen LogP contribution >= 0.6 is 15.9 Å². The van der Waals surface area contributed by atoms with Crippen LogP contribution in [-0.2, 0) is 10.0 Å². The molecule has 0 spiro atoms. The Kier molecular flexibility index (Phi) is 5.09. The summed E-state index contributed by atoms with van der Waals surface area (Å²) in [5.74, 6) is 1.28. The van der Waals surface area contributed by atoms with Crippen LogP contribution in [0.4, 0.5) is 11.6 Å². The van der Waals surface area contributed by atoms with Gasteiger partial charge in [0.15, 0.2) is 0 Å². The van der Waals surface area contributed by atoms with E-state index in [4.69, 9.17) is 0 Å². The molecule has 0 radical (unpaired) electrons. The average molecular weight is 324 g/mol. The summed E-state index contributed by atoms with van der Waals surface area (Å²) in [6, 6.07) is 0. The maximum atomic E-state index is 10.8. The molecule has 0 aliphatic rings. The van der Waals surface area contributed by atoms with Gasteiger partial charge in [-0.3, -0.25) is 0 Å². The number of hydrogen-bond acceptors (Lipinski definition) is 6. The SMILES string of the molecule is CNc1ncnc(NCCNS(C)(=O)=O)c1Br. The Morgan fingerprint density at radius 3 is 2.53 bits per heavy atom. The summed E-state index contributed by atoms with van der Waals surface area (Å²) in [6.07, 6.45) is 2.54. The van der Waals surface area contributed by atoms with Crippen LogP contribution in [-0.4, -0.2) is 44.8 Å². The van der Waals surface area contributed by atoms with Gasteiger partial charge in [0.25, 0.3) is 0 Å². The number of aromatic nitrogens is 2. The first-order valence-electron chi connectivity index (χ1n) is 4.81. The molecular weight excluding hydrogens is 310 g/mol. The van der Waals surface area contributed by atoms with Gasteiger partial charge in [-0.05, 0) is 15.9 Å². The van der Waals surface area contributed by atoms with Crippen LogP contribution < -0.4 is 15.4 Å². The Morgan fingerprint density at radius 1 is 1.29 bits per heavy atom. The minimum atomic E-state index is -3.15. The van der Waals surface area contributed by atoms with Crippen molar-refractivity contribution in [1.29, 1.82) is 0 Å². The lowest BCUT2D eigenvalue weighted by atomic mass is 10.5. The molecule has 0 saturated carbocycles. The molecule has 0 aromatic carbocycles. The van der Waals surface area contributed by atoms with Crippen molar-refractivity contribution >= 4 is 37.6 Å². The minimum Gasteiger partial charge on any atom is -0.372 e. The molecule has 1 aromatic rings. The van der Waals surface area contributed by atoms with Crippen molar-refractivity contribution in [2.45, 2.75) is 0 Å². The quantitative estimate of drug-likeness (QED) is 0.649. The maximum absolute atomic E-state index is 10.8. The highest BCUT2D eigenvalue weighted by atomic mass is 79.9. The fraction of sp³-hybridized carbons (Fsp3) is 0.500. The van der Waals surface area contributed by atoms with Gasteiger partial charge in [-0.15, -0.1) is 0 Å². The van der Waals surface area contributed by atoms with E-state index in [1.54, 1.807) is 7.05 Å². The van der Waals surface area contributed by atoms with Gasteiger partial charge in [0.2, 0.25) is 10.0 Å². The molecule has 1 aromatic heterocycles. The summed E-state index contributed by atoms with van der Waals surface area (Å²) in [5.41, 5.74) is 0. The van der Waals surface area contributed by atoms with E-state index in [1.165, 1.54) is 6.33 Å². The highest BCUT2D eigenvalue weighted by Gasteiger charge is 2.06. The van der Waals surface area contributed by atoms with Gasteiger partial charge in [0.05, 0.1) is 6.26 Å². The molecular formula is C8H14BrN5O2S. The molecule has 0 unspecified atom stereocenters. The van der Waals surface area contributed by atoms with E-state index in [-0.39, 0.29) is 0 Å². The Balaban J connectivity index is 2.52. The normalized spacial score (nSPS) is 11.2. The largest absolute Gasteiger partial charge is 0.372 e. The first-order valence-corrected chi connectivity index (χ1v) is 7.49. The highest BCUT2D eigenvalue weighted by molar-refractivity contribution is 9.10. The summed E-state index contributed by atoms with van der Waals surface area (Å²) in [6.45, 7) is 0.732. The van der Waals surface area contributed by atoms with E-state index in [0.29, 0.717) is 29.2 Å². The Labute approximate surface area is 109 Å². The molecule has 1 heterocycles. The van der Waals surface area contributed by atoms with Crippen LogP contribution in [0.15, 0.2) is 10.8 Å². The van der Waals surface area contributed by atoms with E-state index in [9.17, 15) is 8.42 Å². The zero-order chi connectivity index (χ0) is 12.9. The molecule has 0 atom stereocenters. The fourth-order valence-corrected chi connectivity index (χ4v) is 2.10. The standard InChI is InChI=1S/C8H14BrN5O2S/c1-10-7-6(9)8(13-5-12-7)11-3-4-14-17(2,15)16/h5,14H,3-4H2,1-2H3,(H2,10,11,12,13). The number of rotatable bonds is 6. The number of nitrogens with one attached hydrogen (secondary N) is 3. The third-order valence-electron chi connectivity index (χ3n) is 1.81. The van der Waals surface area contributed by atoms with Crippen LogP contribution in [0.25, 0.3) is 0 Å². The number of halogens is 1. The fourth-order valence-electron chi connectivity index (χ4n) is 1.08. The van der Waals surface area contributed by atoms with Crippen molar-refractivity contribution in [2.24, 2.45) is 0 Å². The van der Waals surface area contributed by atoms with Crippen molar-refractivity contribution in [1.82, 2.24) is 14.7 Å². The lowest BCUT2D eigenvalue weighted by Gasteiger charge is -2.09. The molecule has 0 aliphatic carbocycles. The minimum absolute atomic E-state index is 0.296. The van der Waals surface area contributed by atoms with E-state index >= 15 is 0 Å². The molecule has 7 nitrogen and oxygen atoms in total. The Morgan fingerprint density at radius 2 is 1.94 bits per heavy atom. The van der Waals surface area contributed by atoms with E-state index in [0.717, 1.165) is 6.26 Å². The van der Waals surface area contributed by atoms with Crippen LogP contribution in [0.5, 0.6) is 0 Å². The second-order valence-electron chi connectivity index (χ2n) is 3.23. The second-order valence-corrected chi connectivity index (χ2v) is 5.85. The molecule has 17 heavy (non-hydrogen) atoms. The first-order chi connectivity index (χ1) is 7.94. The monoisotopic (exact) mass is 323 g/mol. The topological polar surface area (TPSA) is 96.0 Å². The molecule has 0 saturated heterocycles. The number of sulfonamides is 1. The van der Waals surface area contributed by atoms with Gasteiger partial charge in [-0.25, -0.2) is 23.1 Å². The Hall–Kier alpha value is -0.930. The number of nitrogens with zero attached hydrogens (tertiary/aromatic N) is 2. The van der Waals surface area contributed by atoms with Crippen LogP contribution in [0.3, 0.4) is 0 Å². The first kappa shape index (κ1) is 14.1. The molecule has 1 rings (SSSR count). The van der Waals surface area contributed by atoms with Gasteiger partial charge < -0.3 is 10.6 Å². The molecule has 0 amide bonds. The summed E-state index contributed by atoms with van der Waals surface area (Å²) >= 11 is 3.34. The predicted molar refractivity (Wildman–Crippen MR) is 70.6 cm³/mol. The zero-order valence-electron chi connectivity index (χ0n) is 9.49. The van der Waals surface area contributed by atoms with Crippen molar-refractivity contribution in [3.63, 3.8) is 0 Å². The lowest BCUT2D eigenvalue weighted by Crippen LogP contribution is -2.27. The number of anilines is 2. The van der Waals surface area contributed by atoms with Crippen LogP contribution in [0.1, 0.15) is 0 Å². The van der Waals surface area contributed by atoms with Crippen molar-refractivity contribution in [2.75, 3.05) is 37.0 Å². The molecule has 96 valence electrons. The molecule has 3 N–H and O–H groups in total. The molecule has 0 fully saturated rings.